The van der Waals surface area contributed by atoms with Crippen LogP contribution >= 0.6 is 11.8 Å². The number of thioether (sulfide) groups is 1. The monoisotopic (exact) mass is 507 g/mol. The fraction of sp³-hybridized carbons (Fsp3) is 0.500. The van der Waals surface area contributed by atoms with Crippen molar-refractivity contribution in [2.45, 2.75) is 55.3 Å². The molecular weight excluding hydrogens is 478 g/mol. The summed E-state index contributed by atoms with van der Waals surface area (Å²) in [4.78, 5) is 12.2. The summed E-state index contributed by atoms with van der Waals surface area (Å²) in [6.45, 7) is 3.36. The zero-order valence-electron chi connectivity index (χ0n) is 20.5. The molecule has 2 spiro atoms. The van der Waals surface area contributed by atoms with Crippen LogP contribution in [0.2, 0.25) is 0 Å². The molecule has 3 aromatic rings. The van der Waals surface area contributed by atoms with Gasteiger partial charge < -0.3 is 23.8 Å². The second-order valence-electron chi connectivity index (χ2n) is 9.70. The van der Waals surface area contributed by atoms with Gasteiger partial charge in [0.15, 0.2) is 10.8 Å². The third kappa shape index (κ3) is 3.13. The molecule has 7 rings (SSSR count). The second-order valence-corrected chi connectivity index (χ2v) is 10.5. The van der Waals surface area contributed by atoms with Crippen LogP contribution in [0.25, 0.3) is 11.3 Å². The third-order valence-electron chi connectivity index (χ3n) is 7.87. The minimum absolute atomic E-state index is 0.572. The Hall–Kier alpha value is -2.82. The fourth-order valence-corrected chi connectivity index (χ4v) is 6.55. The summed E-state index contributed by atoms with van der Waals surface area (Å²) < 4.78 is 27.1. The lowest BCUT2D eigenvalue weighted by atomic mass is 9.72. The molecule has 2 aromatic heterocycles. The largest absolute Gasteiger partial charge is 0.497 e. The van der Waals surface area contributed by atoms with E-state index in [0.29, 0.717) is 30.8 Å². The quantitative estimate of drug-likeness (QED) is 0.384. The smallest absolute Gasteiger partial charge is 0.230 e. The number of hydrogen-bond donors (Lipinski definition) is 0. The molecule has 0 radical (unpaired) electrons. The topological polar surface area (TPSA) is 83.8 Å². The van der Waals surface area contributed by atoms with Gasteiger partial charge in [-0.15, -0.1) is 0 Å². The maximum Gasteiger partial charge on any atom is 0.230 e. The maximum atomic E-state index is 6.97. The van der Waals surface area contributed by atoms with E-state index in [1.54, 1.807) is 7.11 Å². The van der Waals surface area contributed by atoms with Gasteiger partial charge in [0.05, 0.1) is 38.8 Å². The van der Waals surface area contributed by atoms with Crippen LogP contribution in [-0.2, 0) is 28.2 Å². The molecular formula is C26H29N5O4S. The lowest BCUT2D eigenvalue weighted by molar-refractivity contribution is -0.283. The van der Waals surface area contributed by atoms with Crippen molar-refractivity contribution >= 4 is 17.6 Å². The predicted molar refractivity (Wildman–Crippen MR) is 134 cm³/mol. The van der Waals surface area contributed by atoms with Crippen molar-refractivity contribution in [2.24, 2.45) is 0 Å². The van der Waals surface area contributed by atoms with Gasteiger partial charge >= 0.3 is 0 Å². The Bertz CT molecular complexity index is 1310. The predicted octanol–water partition coefficient (Wildman–Crippen LogP) is 4.00. The molecule has 1 aromatic carbocycles. The molecule has 5 heterocycles. The average molecular weight is 508 g/mol. The van der Waals surface area contributed by atoms with Gasteiger partial charge in [-0.2, -0.15) is 10.1 Å². The number of hydrogen-bond acceptors (Lipinski definition) is 9. The summed E-state index contributed by atoms with van der Waals surface area (Å²) in [5, 5.41) is 5.54. The Kier molecular flexibility index (Phi) is 5.20. The first-order valence-electron chi connectivity index (χ1n) is 12.5. The first-order chi connectivity index (χ1) is 17.7. The Morgan fingerprint density at radius 2 is 1.86 bits per heavy atom. The molecule has 1 saturated carbocycles. The van der Waals surface area contributed by atoms with Crippen LogP contribution in [0, 0.1) is 0 Å². The molecule has 1 atom stereocenters. The van der Waals surface area contributed by atoms with Crippen molar-refractivity contribution in [3.8, 4) is 22.9 Å². The van der Waals surface area contributed by atoms with E-state index in [-0.39, 0.29) is 0 Å². The highest BCUT2D eigenvalue weighted by Gasteiger charge is 2.64. The number of anilines is 1. The highest BCUT2D eigenvalue weighted by atomic mass is 32.2. The lowest BCUT2D eigenvalue weighted by Crippen LogP contribution is -2.59. The summed E-state index contributed by atoms with van der Waals surface area (Å²) in [6, 6.07) is 8.19. The van der Waals surface area contributed by atoms with Crippen molar-refractivity contribution in [1.82, 2.24) is 19.7 Å². The van der Waals surface area contributed by atoms with Crippen molar-refractivity contribution < 1.29 is 18.9 Å². The average Bonchev–Trinajstić information content (AvgIpc) is 3.54. The number of methoxy groups -OCH3 is 1. The molecule has 0 amide bonds. The second kappa shape index (κ2) is 8.36. The van der Waals surface area contributed by atoms with E-state index in [0.717, 1.165) is 67.2 Å². The molecule has 188 valence electrons. The van der Waals surface area contributed by atoms with Gasteiger partial charge in [-0.1, -0.05) is 23.9 Å². The van der Waals surface area contributed by atoms with Gasteiger partial charge in [-0.25, -0.2) is 4.98 Å². The summed E-state index contributed by atoms with van der Waals surface area (Å²) >= 11 is 1.52. The SMILES string of the molecule is COc1ccc(CN2CCn3ncc4c3-c3c(nc(SC)nc32)OC42CCCCC23OCCO3)cc1. The summed E-state index contributed by atoms with van der Waals surface area (Å²) in [5.41, 5.74) is 3.40. The summed E-state index contributed by atoms with van der Waals surface area (Å²) in [6.07, 6.45) is 7.63. The van der Waals surface area contributed by atoms with Crippen LogP contribution in [0.1, 0.15) is 36.8 Å². The van der Waals surface area contributed by atoms with Crippen LogP contribution in [0.5, 0.6) is 11.6 Å². The van der Waals surface area contributed by atoms with Crippen molar-refractivity contribution in [1.29, 1.82) is 0 Å². The van der Waals surface area contributed by atoms with E-state index in [2.05, 4.69) is 21.7 Å². The zero-order chi connectivity index (χ0) is 24.3. The number of fused-ring (bicyclic) bond motifs is 2. The number of nitrogens with zero attached hydrogens (tertiary/aromatic N) is 5. The van der Waals surface area contributed by atoms with E-state index in [9.17, 15) is 0 Å². The highest BCUT2D eigenvalue weighted by Crippen LogP contribution is 2.59. The Morgan fingerprint density at radius 1 is 1.06 bits per heavy atom. The third-order valence-corrected chi connectivity index (χ3v) is 8.42. The summed E-state index contributed by atoms with van der Waals surface area (Å²) in [5.74, 6) is 1.52. The molecule has 2 fully saturated rings. The number of rotatable bonds is 4. The molecule has 1 saturated heterocycles. The summed E-state index contributed by atoms with van der Waals surface area (Å²) in [7, 11) is 1.69. The Labute approximate surface area is 214 Å². The van der Waals surface area contributed by atoms with E-state index in [1.807, 2.05) is 24.6 Å². The Morgan fingerprint density at radius 3 is 2.64 bits per heavy atom. The van der Waals surface area contributed by atoms with Gasteiger partial charge in [0, 0.05) is 25.1 Å². The van der Waals surface area contributed by atoms with Gasteiger partial charge in [0.2, 0.25) is 11.7 Å². The fourth-order valence-electron chi connectivity index (χ4n) is 6.20. The van der Waals surface area contributed by atoms with Crippen LogP contribution in [0.15, 0.2) is 35.6 Å². The maximum absolute atomic E-state index is 6.97. The van der Waals surface area contributed by atoms with Crippen LogP contribution in [0.4, 0.5) is 5.82 Å². The molecule has 10 heteroatoms. The van der Waals surface area contributed by atoms with Crippen molar-refractivity contribution in [3.05, 3.63) is 41.6 Å². The van der Waals surface area contributed by atoms with Gasteiger partial charge in [0.25, 0.3) is 0 Å². The highest BCUT2D eigenvalue weighted by molar-refractivity contribution is 7.98. The molecule has 3 aliphatic heterocycles. The lowest BCUT2D eigenvalue weighted by Gasteiger charge is -2.50. The molecule has 1 unspecified atom stereocenters. The molecule has 9 nitrogen and oxygen atoms in total. The molecule has 0 N–H and O–H groups in total. The zero-order valence-corrected chi connectivity index (χ0v) is 21.3. The van der Waals surface area contributed by atoms with Gasteiger partial charge in [-0.3, -0.25) is 4.68 Å². The molecule has 1 aliphatic carbocycles. The minimum atomic E-state index is -0.812. The molecule has 4 aliphatic rings. The standard InChI is InChI=1S/C26H29N5O4S/c1-32-18-7-5-17(6-8-18)16-30-11-12-31-21-19(15-27-31)25(9-3-4-10-26(25)33-13-14-34-26)35-23-20(21)22(30)28-24(29-23)36-2/h5-8,15H,3-4,9-14,16H2,1-2H3. The first kappa shape index (κ1) is 22.4. The minimum Gasteiger partial charge on any atom is -0.497 e. The molecule has 36 heavy (non-hydrogen) atoms. The van der Waals surface area contributed by atoms with Crippen LogP contribution in [-0.4, -0.2) is 58.7 Å². The van der Waals surface area contributed by atoms with E-state index in [1.165, 1.54) is 17.3 Å². The van der Waals surface area contributed by atoms with E-state index < -0.39 is 11.4 Å². The number of benzene rings is 1. The van der Waals surface area contributed by atoms with Gasteiger partial charge in [0.1, 0.15) is 17.1 Å². The van der Waals surface area contributed by atoms with Crippen molar-refractivity contribution in [3.63, 3.8) is 0 Å². The van der Waals surface area contributed by atoms with E-state index >= 15 is 0 Å². The normalized spacial score (nSPS) is 23.4. The Balaban J connectivity index is 1.38. The van der Waals surface area contributed by atoms with Gasteiger partial charge in [-0.05, 0) is 43.2 Å². The van der Waals surface area contributed by atoms with Crippen LogP contribution < -0.4 is 14.4 Å². The van der Waals surface area contributed by atoms with Crippen molar-refractivity contribution in [2.75, 3.05) is 38.0 Å². The van der Waals surface area contributed by atoms with Crippen LogP contribution in [0.3, 0.4) is 0 Å². The number of ether oxygens (including phenoxy) is 4. The molecule has 0 bridgehead atoms. The number of aromatic nitrogens is 4. The van der Waals surface area contributed by atoms with E-state index in [4.69, 9.17) is 34.0 Å². The first-order valence-corrected chi connectivity index (χ1v) is 13.8.